The molecule has 1 saturated heterocycles. The molecule has 3 aromatic rings. The van der Waals surface area contributed by atoms with Gasteiger partial charge in [0.1, 0.15) is 11.5 Å². The third-order valence-corrected chi connectivity index (χ3v) is 6.30. The fourth-order valence-corrected chi connectivity index (χ4v) is 4.30. The van der Waals surface area contributed by atoms with E-state index >= 15 is 0 Å². The zero-order valence-corrected chi connectivity index (χ0v) is 20.1. The third-order valence-electron chi connectivity index (χ3n) is 6.30. The molecule has 0 saturated carbocycles. The number of carbonyl (C=O) groups excluding carboxylic acids is 3. The van der Waals surface area contributed by atoms with Crippen molar-refractivity contribution < 1.29 is 18.8 Å². The molecule has 0 unspecified atom stereocenters. The Morgan fingerprint density at radius 3 is 2.50 bits per heavy atom. The molecular weight excluding hydrogens is 463 g/mol. The van der Waals surface area contributed by atoms with Crippen LogP contribution in [0.4, 0.5) is 15.8 Å². The van der Waals surface area contributed by atoms with Gasteiger partial charge in [0.05, 0.1) is 6.33 Å². The minimum atomic E-state index is -0.762. The fourth-order valence-electron chi connectivity index (χ4n) is 4.30. The fraction of sp³-hybridized carbons (Fsp3) is 0.308. The first-order valence-corrected chi connectivity index (χ1v) is 11.9. The van der Waals surface area contributed by atoms with Crippen LogP contribution in [0.1, 0.15) is 56.2 Å². The monoisotopic (exact) mass is 492 g/mol. The summed E-state index contributed by atoms with van der Waals surface area (Å²) in [6.07, 6.45) is 4.73. The van der Waals surface area contributed by atoms with E-state index in [0.717, 1.165) is 31.5 Å². The summed E-state index contributed by atoms with van der Waals surface area (Å²) in [6, 6.07) is 10.5. The van der Waals surface area contributed by atoms with Crippen LogP contribution in [-0.4, -0.2) is 58.8 Å². The van der Waals surface area contributed by atoms with Crippen LogP contribution in [0.5, 0.6) is 0 Å². The Balaban J connectivity index is 1.58. The Labute approximate surface area is 208 Å². The Morgan fingerprint density at radius 1 is 1.11 bits per heavy atom. The molecule has 3 amide bonds. The van der Waals surface area contributed by atoms with Crippen molar-refractivity contribution in [3.63, 3.8) is 0 Å². The van der Waals surface area contributed by atoms with Gasteiger partial charge in [-0.2, -0.15) is 0 Å². The van der Waals surface area contributed by atoms with Gasteiger partial charge >= 0.3 is 0 Å². The number of rotatable bonds is 8. The zero-order valence-electron chi connectivity index (χ0n) is 20.1. The van der Waals surface area contributed by atoms with E-state index in [2.05, 4.69) is 20.2 Å². The predicted octanol–water partition coefficient (Wildman–Crippen LogP) is 3.34. The number of hydrogen-bond acceptors (Lipinski definition) is 5. The first kappa shape index (κ1) is 25.1. The van der Waals surface area contributed by atoms with E-state index in [1.807, 2.05) is 6.92 Å². The summed E-state index contributed by atoms with van der Waals surface area (Å²) in [4.78, 5) is 48.5. The number of nitrogens with zero attached hydrogens (tertiary/aromatic N) is 3. The van der Waals surface area contributed by atoms with Crippen LogP contribution in [0.25, 0.3) is 0 Å². The quantitative estimate of drug-likeness (QED) is 0.445. The van der Waals surface area contributed by atoms with Crippen LogP contribution in [0.3, 0.4) is 0 Å². The third kappa shape index (κ3) is 5.77. The molecule has 0 spiro atoms. The summed E-state index contributed by atoms with van der Waals surface area (Å²) in [7, 11) is 0. The van der Waals surface area contributed by atoms with Crippen LogP contribution in [-0.2, 0) is 0 Å². The highest BCUT2D eigenvalue weighted by Crippen LogP contribution is 2.25. The van der Waals surface area contributed by atoms with Crippen molar-refractivity contribution in [2.45, 2.75) is 26.2 Å². The minimum absolute atomic E-state index is 0.0347. The molecule has 4 N–H and O–H groups in total. The molecule has 0 aliphatic carbocycles. The predicted molar refractivity (Wildman–Crippen MR) is 135 cm³/mol. The number of aromatic nitrogens is 2. The van der Waals surface area contributed by atoms with Crippen LogP contribution >= 0.6 is 0 Å². The molecule has 0 bridgehead atoms. The van der Waals surface area contributed by atoms with Crippen molar-refractivity contribution >= 4 is 29.1 Å². The summed E-state index contributed by atoms with van der Waals surface area (Å²) in [6.45, 7) is 4.84. The second-order valence-corrected chi connectivity index (χ2v) is 8.81. The van der Waals surface area contributed by atoms with Gasteiger partial charge < -0.3 is 25.8 Å². The number of nitrogens with one attached hydrogen (secondary N) is 2. The number of hydrogen-bond donors (Lipinski definition) is 3. The molecule has 1 fully saturated rings. The molecule has 2 aromatic carbocycles. The number of aryl methyl sites for hydroxylation is 1. The molecule has 1 aliphatic heterocycles. The molecule has 1 aromatic heterocycles. The maximum Gasteiger partial charge on any atom is 0.279 e. The number of nitrogens with two attached hydrogens (primary N) is 1. The largest absolute Gasteiger partial charge is 0.364 e. The molecular formula is C26H29FN6O3. The second kappa shape index (κ2) is 11.1. The van der Waals surface area contributed by atoms with Gasteiger partial charge in [-0.1, -0.05) is 6.42 Å². The van der Waals surface area contributed by atoms with Crippen LogP contribution in [0.2, 0.25) is 0 Å². The lowest BCUT2D eigenvalue weighted by Gasteiger charge is -2.30. The number of anilines is 2. The van der Waals surface area contributed by atoms with Gasteiger partial charge in [-0.15, -0.1) is 0 Å². The maximum atomic E-state index is 13.5. The van der Waals surface area contributed by atoms with Gasteiger partial charge in [0.2, 0.25) is 0 Å². The van der Waals surface area contributed by atoms with Crippen molar-refractivity contribution in [3.8, 4) is 0 Å². The van der Waals surface area contributed by atoms with E-state index < -0.39 is 17.6 Å². The van der Waals surface area contributed by atoms with E-state index in [4.69, 9.17) is 5.73 Å². The van der Waals surface area contributed by atoms with E-state index in [1.165, 1.54) is 37.0 Å². The maximum absolute atomic E-state index is 13.5. The molecule has 0 atom stereocenters. The lowest BCUT2D eigenvalue weighted by molar-refractivity contribution is 0.0952. The van der Waals surface area contributed by atoms with Gasteiger partial charge in [0, 0.05) is 30.0 Å². The highest BCUT2D eigenvalue weighted by Gasteiger charge is 2.26. The Kier molecular flexibility index (Phi) is 7.74. The highest BCUT2D eigenvalue weighted by molar-refractivity contribution is 6.11. The standard InChI is InChI=1S/C26H29FN6O3/c1-17-15-20(9-10-21(17)31-25(35)18-5-7-19(27)8-6-18)33(14-13-32-11-3-2-4-12-32)26(36)23-22(24(28)34)29-16-30-23/h5-10,15-16H,2-4,11-14H2,1H3,(H2,28,34)(H,29,30)(H,31,35). The molecule has 0 radical (unpaired) electrons. The van der Waals surface area contributed by atoms with Crippen molar-refractivity contribution in [1.29, 1.82) is 0 Å². The van der Waals surface area contributed by atoms with E-state index in [0.29, 0.717) is 30.0 Å². The molecule has 1 aliphatic rings. The van der Waals surface area contributed by atoms with Gasteiger partial charge in [-0.05, 0) is 80.9 Å². The smallest absolute Gasteiger partial charge is 0.279 e. The normalized spacial score (nSPS) is 13.8. The lowest BCUT2D eigenvalue weighted by Crippen LogP contribution is -2.41. The highest BCUT2D eigenvalue weighted by atomic mass is 19.1. The first-order chi connectivity index (χ1) is 17.3. The van der Waals surface area contributed by atoms with Crippen molar-refractivity contribution in [2.75, 3.05) is 36.4 Å². The van der Waals surface area contributed by atoms with E-state index in [1.54, 1.807) is 23.1 Å². The van der Waals surface area contributed by atoms with Crippen LogP contribution in [0.15, 0.2) is 48.8 Å². The average molecular weight is 493 g/mol. The van der Waals surface area contributed by atoms with Crippen LogP contribution in [0, 0.1) is 12.7 Å². The summed E-state index contributed by atoms with van der Waals surface area (Å²) in [5.74, 6) is -1.99. The number of imidazole rings is 1. The van der Waals surface area contributed by atoms with Crippen molar-refractivity contribution in [1.82, 2.24) is 14.9 Å². The molecule has 188 valence electrons. The Hall–Kier alpha value is -4.05. The van der Waals surface area contributed by atoms with Crippen LogP contribution < -0.4 is 16.0 Å². The topological polar surface area (TPSA) is 124 Å². The van der Waals surface area contributed by atoms with Crippen molar-refractivity contribution in [3.05, 3.63) is 77.1 Å². The number of benzene rings is 2. The number of halogens is 1. The van der Waals surface area contributed by atoms with Gasteiger partial charge in [0.15, 0.2) is 5.69 Å². The minimum Gasteiger partial charge on any atom is -0.364 e. The van der Waals surface area contributed by atoms with Gasteiger partial charge in [0.25, 0.3) is 17.7 Å². The second-order valence-electron chi connectivity index (χ2n) is 8.81. The van der Waals surface area contributed by atoms with Gasteiger partial charge in [-0.3, -0.25) is 14.4 Å². The number of piperidine rings is 1. The summed E-state index contributed by atoms with van der Waals surface area (Å²) < 4.78 is 13.2. The van der Waals surface area contributed by atoms with E-state index in [-0.39, 0.29) is 17.3 Å². The molecule has 10 heteroatoms. The van der Waals surface area contributed by atoms with Gasteiger partial charge in [-0.25, -0.2) is 9.37 Å². The first-order valence-electron chi connectivity index (χ1n) is 11.9. The number of carbonyl (C=O) groups is 3. The summed E-state index contributed by atoms with van der Waals surface area (Å²) in [5, 5.41) is 2.83. The molecule has 36 heavy (non-hydrogen) atoms. The molecule has 2 heterocycles. The average Bonchev–Trinajstić information content (AvgIpc) is 3.37. The number of primary amides is 1. The Morgan fingerprint density at radius 2 is 1.83 bits per heavy atom. The molecule has 4 rings (SSSR count). The number of aromatic amines is 1. The summed E-state index contributed by atoms with van der Waals surface area (Å²) >= 11 is 0. The summed E-state index contributed by atoms with van der Waals surface area (Å²) in [5.41, 5.74) is 7.58. The van der Waals surface area contributed by atoms with Crippen molar-refractivity contribution in [2.24, 2.45) is 5.73 Å². The van der Waals surface area contributed by atoms with E-state index in [9.17, 15) is 18.8 Å². The lowest BCUT2D eigenvalue weighted by atomic mass is 10.1. The molecule has 9 nitrogen and oxygen atoms in total. The zero-order chi connectivity index (χ0) is 25.7. The SMILES string of the molecule is Cc1cc(N(CCN2CCCCC2)C(=O)c2nc[nH]c2C(N)=O)ccc1NC(=O)c1ccc(F)cc1. The Bertz CT molecular complexity index is 1250. The number of likely N-dealkylation sites (tertiary alicyclic amines) is 1. The number of amides is 3. The number of H-pyrrole nitrogens is 1.